The van der Waals surface area contributed by atoms with E-state index in [0.717, 1.165) is 23.0 Å². The van der Waals surface area contributed by atoms with Gasteiger partial charge in [0.1, 0.15) is 23.0 Å². The van der Waals surface area contributed by atoms with E-state index in [-0.39, 0.29) is 10.8 Å². The molecule has 2 nitrogen and oxygen atoms in total. The lowest BCUT2D eigenvalue weighted by molar-refractivity contribution is 0.547. The molecule has 6 rings (SSSR count). The van der Waals surface area contributed by atoms with Crippen LogP contribution in [0.2, 0.25) is 0 Å². The summed E-state index contributed by atoms with van der Waals surface area (Å²) in [6.07, 6.45) is 0. The van der Waals surface area contributed by atoms with Gasteiger partial charge in [0.05, 0.1) is 4.88 Å². The quantitative estimate of drug-likeness (QED) is 0.322. The lowest BCUT2D eigenvalue weighted by atomic mass is 9.79. The first kappa shape index (κ1) is 15.8. The van der Waals surface area contributed by atoms with Gasteiger partial charge in [-0.05, 0) is 42.5 Å². The van der Waals surface area contributed by atoms with Crippen LogP contribution in [0, 0.1) is 13.8 Å². The molecule has 0 spiro atoms. The van der Waals surface area contributed by atoms with E-state index in [1.54, 1.807) is 0 Å². The molecule has 0 saturated carbocycles. The molecule has 0 atom stereocenters. The Hall–Kier alpha value is -2.26. The van der Waals surface area contributed by atoms with Crippen molar-refractivity contribution in [3.63, 3.8) is 0 Å². The van der Waals surface area contributed by atoms with Gasteiger partial charge >= 0.3 is 0 Å². The number of hydrogen-bond donors (Lipinski definition) is 0. The summed E-state index contributed by atoms with van der Waals surface area (Å²) in [7, 11) is 0. The normalized spacial score (nSPS) is 17.9. The maximum absolute atomic E-state index is 6.14. The summed E-state index contributed by atoms with van der Waals surface area (Å²) in [6.45, 7) is 13.4. The van der Waals surface area contributed by atoms with Gasteiger partial charge in [-0.2, -0.15) is 0 Å². The van der Waals surface area contributed by atoms with Crippen molar-refractivity contribution >= 4 is 21.4 Å². The zero-order valence-corrected chi connectivity index (χ0v) is 17.4. The van der Waals surface area contributed by atoms with Gasteiger partial charge in [0, 0.05) is 32.2 Å². The zero-order valence-electron chi connectivity index (χ0n) is 16.5. The average molecular weight is 375 g/mol. The predicted octanol–water partition coefficient (Wildman–Crippen LogP) is 7.32. The Morgan fingerprint density at radius 1 is 0.778 bits per heavy atom. The molecule has 0 fully saturated rings. The second-order valence-electron chi connectivity index (χ2n) is 9.12. The maximum atomic E-state index is 6.14. The van der Waals surface area contributed by atoms with Crippen molar-refractivity contribution < 1.29 is 8.83 Å². The van der Waals surface area contributed by atoms with Crippen LogP contribution < -0.4 is 0 Å². The Morgan fingerprint density at radius 3 is 2.07 bits per heavy atom. The first-order valence-electron chi connectivity index (χ1n) is 9.54. The molecule has 0 amide bonds. The third-order valence-electron chi connectivity index (χ3n) is 6.62. The molecule has 0 saturated heterocycles. The van der Waals surface area contributed by atoms with Crippen LogP contribution in [0.4, 0.5) is 0 Å². The number of rotatable bonds is 0. The van der Waals surface area contributed by atoms with Gasteiger partial charge in [-0.25, -0.2) is 0 Å². The largest absolute Gasteiger partial charge is 0.461 e. The molecule has 27 heavy (non-hydrogen) atoms. The highest BCUT2D eigenvalue weighted by Crippen LogP contribution is 2.60. The van der Waals surface area contributed by atoms with Crippen molar-refractivity contribution in [2.45, 2.75) is 52.4 Å². The minimum Gasteiger partial charge on any atom is -0.461 e. The Kier molecular flexibility index (Phi) is 2.58. The van der Waals surface area contributed by atoms with E-state index >= 15 is 0 Å². The molecule has 1 aromatic carbocycles. The number of thiophene rings is 1. The molecule has 0 unspecified atom stereocenters. The minimum absolute atomic E-state index is 0.0270. The smallest absolute Gasteiger partial charge is 0.148 e. The van der Waals surface area contributed by atoms with Crippen LogP contribution in [0.15, 0.2) is 33.1 Å². The van der Waals surface area contributed by atoms with Crippen LogP contribution in [0.1, 0.15) is 61.5 Å². The van der Waals surface area contributed by atoms with E-state index in [4.69, 9.17) is 8.83 Å². The lowest BCUT2D eigenvalue weighted by Crippen LogP contribution is -2.16. The molecule has 0 aliphatic heterocycles. The van der Waals surface area contributed by atoms with Crippen molar-refractivity contribution in [3.05, 3.63) is 58.0 Å². The van der Waals surface area contributed by atoms with Gasteiger partial charge in [-0.15, -0.1) is 11.3 Å². The number of aryl methyl sites for hydroxylation is 2. The van der Waals surface area contributed by atoms with Crippen LogP contribution >= 0.6 is 11.3 Å². The van der Waals surface area contributed by atoms with E-state index in [2.05, 4.69) is 52.0 Å². The number of furan rings is 2. The van der Waals surface area contributed by atoms with E-state index in [1.807, 2.05) is 25.2 Å². The topological polar surface area (TPSA) is 26.3 Å². The predicted molar refractivity (Wildman–Crippen MR) is 111 cm³/mol. The number of fused-ring (bicyclic) bond motifs is 9. The second-order valence-corrected chi connectivity index (χ2v) is 10.1. The van der Waals surface area contributed by atoms with Crippen molar-refractivity contribution in [2.24, 2.45) is 0 Å². The monoisotopic (exact) mass is 374 g/mol. The van der Waals surface area contributed by atoms with Gasteiger partial charge in [0.15, 0.2) is 0 Å². The SMILES string of the molecule is Cc1cc2c(o1)-c1ccc3c4c(sc3c1C2(C)C)-c1oc(C)cc1C4(C)C. The highest BCUT2D eigenvalue weighted by atomic mass is 32.1. The molecule has 136 valence electrons. The van der Waals surface area contributed by atoms with Crippen LogP contribution in [-0.4, -0.2) is 0 Å². The van der Waals surface area contributed by atoms with E-state index in [1.165, 1.54) is 42.8 Å². The number of benzene rings is 1. The van der Waals surface area contributed by atoms with Gasteiger partial charge < -0.3 is 8.83 Å². The first-order valence-corrected chi connectivity index (χ1v) is 10.4. The molecule has 2 aliphatic carbocycles. The summed E-state index contributed by atoms with van der Waals surface area (Å²) < 4.78 is 13.6. The number of hydrogen-bond acceptors (Lipinski definition) is 3. The maximum Gasteiger partial charge on any atom is 0.148 e. The summed E-state index contributed by atoms with van der Waals surface area (Å²) in [6, 6.07) is 8.98. The van der Waals surface area contributed by atoms with Crippen LogP contribution in [0.25, 0.3) is 32.0 Å². The van der Waals surface area contributed by atoms with E-state index in [9.17, 15) is 0 Å². The molecule has 3 heteroatoms. The Bertz CT molecular complexity index is 1290. The molecule has 2 aliphatic rings. The molecular formula is C24H22O2S. The minimum atomic E-state index is -0.0490. The standard InChI is InChI=1S/C24H22O2S/c1-11-9-15-19(25-11)13-7-8-14-18-22(27-21(14)17(13)23(15,3)4)20-16(24(18,5)6)10-12(2)26-20/h7-10H,1-6H3. The fraction of sp³-hybridized carbons (Fsp3) is 0.333. The highest BCUT2D eigenvalue weighted by Gasteiger charge is 2.45. The molecule has 0 bridgehead atoms. The van der Waals surface area contributed by atoms with Gasteiger partial charge in [-0.1, -0.05) is 39.8 Å². The van der Waals surface area contributed by atoms with Gasteiger partial charge in [0.25, 0.3) is 0 Å². The van der Waals surface area contributed by atoms with Crippen molar-refractivity contribution in [3.8, 4) is 22.0 Å². The Morgan fingerprint density at radius 2 is 1.37 bits per heavy atom. The third-order valence-corrected chi connectivity index (χ3v) is 7.84. The Balaban J connectivity index is 1.74. The van der Waals surface area contributed by atoms with Crippen LogP contribution in [0.3, 0.4) is 0 Å². The first-order chi connectivity index (χ1) is 12.7. The summed E-state index contributed by atoms with van der Waals surface area (Å²) in [5.41, 5.74) is 6.65. The zero-order chi connectivity index (χ0) is 18.9. The molecule has 3 heterocycles. The fourth-order valence-electron chi connectivity index (χ4n) is 5.35. The molecule has 0 radical (unpaired) electrons. The second kappa shape index (κ2) is 4.41. The molecule has 0 N–H and O–H groups in total. The van der Waals surface area contributed by atoms with Gasteiger partial charge in [-0.3, -0.25) is 0 Å². The average Bonchev–Trinajstić information content (AvgIpc) is 3.32. The van der Waals surface area contributed by atoms with Crippen molar-refractivity contribution in [1.29, 1.82) is 0 Å². The third kappa shape index (κ3) is 1.64. The van der Waals surface area contributed by atoms with Crippen LogP contribution in [0.5, 0.6) is 0 Å². The molecule has 3 aromatic heterocycles. The van der Waals surface area contributed by atoms with Crippen molar-refractivity contribution in [2.75, 3.05) is 0 Å². The fourth-order valence-corrected chi connectivity index (χ4v) is 7.01. The van der Waals surface area contributed by atoms with Crippen LogP contribution in [-0.2, 0) is 10.8 Å². The van der Waals surface area contributed by atoms with E-state index < -0.39 is 0 Å². The molecular weight excluding hydrogens is 352 g/mol. The lowest BCUT2D eigenvalue weighted by Gasteiger charge is -2.22. The summed E-state index contributed by atoms with van der Waals surface area (Å²) in [5.74, 6) is 4.11. The van der Waals surface area contributed by atoms with Crippen molar-refractivity contribution in [1.82, 2.24) is 0 Å². The Labute approximate surface area is 162 Å². The summed E-state index contributed by atoms with van der Waals surface area (Å²) in [5, 5.41) is 1.37. The highest BCUT2D eigenvalue weighted by molar-refractivity contribution is 7.22. The summed E-state index contributed by atoms with van der Waals surface area (Å²) in [4.78, 5) is 1.31. The van der Waals surface area contributed by atoms with Gasteiger partial charge in [0.2, 0.25) is 0 Å². The summed E-state index contributed by atoms with van der Waals surface area (Å²) >= 11 is 1.90. The molecule has 4 aromatic rings. The van der Waals surface area contributed by atoms with E-state index in [0.29, 0.717) is 0 Å².